The molecule has 0 aliphatic rings. The molecule has 0 fully saturated rings. The highest BCUT2D eigenvalue weighted by atomic mass is 16.2. The number of ketones is 1. The van der Waals surface area contributed by atoms with E-state index in [2.05, 4.69) is 5.32 Å². The second kappa shape index (κ2) is 5.13. The van der Waals surface area contributed by atoms with Crippen LogP contribution in [0.15, 0.2) is 30.3 Å². The molecule has 0 aromatic heterocycles. The maximum absolute atomic E-state index is 11.9. The van der Waals surface area contributed by atoms with E-state index in [0.717, 1.165) is 0 Å². The lowest BCUT2D eigenvalue weighted by Crippen LogP contribution is -2.48. The Morgan fingerprint density at radius 3 is 2.06 bits per heavy atom. The van der Waals surface area contributed by atoms with E-state index in [4.69, 9.17) is 0 Å². The van der Waals surface area contributed by atoms with Crippen molar-refractivity contribution >= 4 is 11.7 Å². The average Bonchev–Trinajstić information content (AvgIpc) is 2.24. The van der Waals surface area contributed by atoms with Crippen molar-refractivity contribution in [3.8, 4) is 0 Å². The fourth-order valence-corrected chi connectivity index (χ4v) is 1.73. The summed E-state index contributed by atoms with van der Waals surface area (Å²) in [5, 5.41) is 2.78. The van der Waals surface area contributed by atoms with E-state index in [0.29, 0.717) is 5.56 Å². The number of hydrogen-bond acceptors (Lipinski definition) is 2. The number of nitrogens with one attached hydrogen (secondary N) is 1. The van der Waals surface area contributed by atoms with Crippen molar-refractivity contribution in [1.82, 2.24) is 5.32 Å². The zero-order valence-corrected chi connectivity index (χ0v) is 10.8. The fraction of sp³-hybridized carbons (Fsp3) is 0.429. The second-order valence-corrected chi connectivity index (χ2v) is 5.25. The molecule has 1 aromatic rings. The van der Waals surface area contributed by atoms with Gasteiger partial charge in [0, 0.05) is 5.56 Å². The number of carbonyl (C=O) groups is 2. The van der Waals surface area contributed by atoms with Crippen LogP contribution >= 0.6 is 0 Å². The highest BCUT2D eigenvalue weighted by Crippen LogP contribution is 2.20. The second-order valence-electron chi connectivity index (χ2n) is 5.25. The minimum absolute atomic E-state index is 0.0261. The molecule has 1 amide bonds. The topological polar surface area (TPSA) is 46.2 Å². The monoisotopic (exact) mass is 233 g/mol. The van der Waals surface area contributed by atoms with Crippen molar-refractivity contribution in [2.24, 2.45) is 5.41 Å². The van der Waals surface area contributed by atoms with Gasteiger partial charge in [-0.1, -0.05) is 39.0 Å². The molecular weight excluding hydrogens is 214 g/mol. The Hall–Kier alpha value is -1.64. The first-order valence-electron chi connectivity index (χ1n) is 5.68. The summed E-state index contributed by atoms with van der Waals surface area (Å²) >= 11 is 0. The van der Waals surface area contributed by atoms with E-state index < -0.39 is 6.04 Å². The first-order valence-corrected chi connectivity index (χ1v) is 5.68. The SMILES string of the molecule is CC(=O)[C@@H](NC(=O)c1ccccc1)C(C)(C)C. The molecule has 1 N–H and O–H groups in total. The van der Waals surface area contributed by atoms with Crippen molar-refractivity contribution in [2.45, 2.75) is 33.7 Å². The Balaban J connectivity index is 2.83. The summed E-state index contributed by atoms with van der Waals surface area (Å²) in [7, 11) is 0. The molecule has 1 aromatic carbocycles. The molecule has 1 rings (SSSR count). The summed E-state index contributed by atoms with van der Waals surface area (Å²) in [4.78, 5) is 23.5. The predicted molar refractivity (Wildman–Crippen MR) is 67.8 cm³/mol. The molecule has 3 nitrogen and oxygen atoms in total. The number of Topliss-reactive ketones (excluding diaryl/α,β-unsaturated/α-hetero) is 1. The molecule has 0 saturated carbocycles. The molecule has 17 heavy (non-hydrogen) atoms. The third-order valence-electron chi connectivity index (χ3n) is 2.58. The van der Waals surface area contributed by atoms with E-state index in [9.17, 15) is 9.59 Å². The third-order valence-corrected chi connectivity index (χ3v) is 2.58. The molecule has 0 saturated heterocycles. The lowest BCUT2D eigenvalue weighted by atomic mass is 9.84. The van der Waals surface area contributed by atoms with Gasteiger partial charge in [0.15, 0.2) is 5.78 Å². The molecule has 3 heteroatoms. The van der Waals surface area contributed by atoms with Crippen LogP contribution in [-0.2, 0) is 4.79 Å². The van der Waals surface area contributed by atoms with Crippen molar-refractivity contribution in [3.63, 3.8) is 0 Å². The van der Waals surface area contributed by atoms with Gasteiger partial charge in [-0.05, 0) is 24.5 Å². The summed E-state index contributed by atoms with van der Waals surface area (Å²) < 4.78 is 0. The van der Waals surface area contributed by atoms with Gasteiger partial charge >= 0.3 is 0 Å². The minimum Gasteiger partial charge on any atom is -0.342 e. The Morgan fingerprint density at radius 2 is 1.65 bits per heavy atom. The van der Waals surface area contributed by atoms with Gasteiger partial charge in [0.1, 0.15) is 0 Å². The number of hydrogen-bond donors (Lipinski definition) is 1. The van der Waals surface area contributed by atoms with Gasteiger partial charge in [-0.25, -0.2) is 0 Å². The lowest BCUT2D eigenvalue weighted by molar-refractivity contribution is -0.121. The Morgan fingerprint density at radius 1 is 1.12 bits per heavy atom. The number of benzene rings is 1. The van der Waals surface area contributed by atoms with Crippen LogP contribution in [0, 0.1) is 5.41 Å². The van der Waals surface area contributed by atoms with Crippen molar-refractivity contribution < 1.29 is 9.59 Å². The van der Waals surface area contributed by atoms with Crippen LogP contribution in [0.25, 0.3) is 0 Å². The molecule has 0 spiro atoms. The highest BCUT2D eigenvalue weighted by Gasteiger charge is 2.30. The van der Waals surface area contributed by atoms with Gasteiger partial charge in [0.25, 0.3) is 5.91 Å². The molecule has 0 aliphatic heterocycles. The molecule has 92 valence electrons. The fourth-order valence-electron chi connectivity index (χ4n) is 1.73. The van der Waals surface area contributed by atoms with Crippen LogP contribution in [0.4, 0.5) is 0 Å². The summed E-state index contributed by atoms with van der Waals surface area (Å²) in [6.07, 6.45) is 0. The number of carbonyl (C=O) groups excluding carboxylic acids is 2. The first-order chi connectivity index (χ1) is 7.82. The number of amides is 1. The smallest absolute Gasteiger partial charge is 0.251 e. The molecule has 0 aliphatic carbocycles. The zero-order chi connectivity index (χ0) is 13.1. The average molecular weight is 233 g/mol. The Bertz CT molecular complexity index is 404. The molecule has 0 bridgehead atoms. The predicted octanol–water partition coefficient (Wildman–Crippen LogP) is 2.42. The van der Waals surface area contributed by atoms with E-state index in [1.54, 1.807) is 24.3 Å². The highest BCUT2D eigenvalue weighted by molar-refractivity contribution is 5.97. The normalized spacial score (nSPS) is 12.9. The van der Waals surface area contributed by atoms with E-state index in [-0.39, 0.29) is 17.1 Å². The van der Waals surface area contributed by atoms with Crippen LogP contribution in [-0.4, -0.2) is 17.7 Å². The van der Waals surface area contributed by atoms with Crippen molar-refractivity contribution in [2.75, 3.05) is 0 Å². The third kappa shape index (κ3) is 3.70. The van der Waals surface area contributed by atoms with Crippen LogP contribution in [0.1, 0.15) is 38.1 Å². The van der Waals surface area contributed by atoms with E-state index in [1.165, 1.54) is 6.92 Å². The van der Waals surface area contributed by atoms with E-state index >= 15 is 0 Å². The standard InChI is InChI=1S/C14H19NO2/c1-10(16)12(14(2,3)4)15-13(17)11-8-6-5-7-9-11/h5-9,12H,1-4H3,(H,15,17)/t12-/m1/s1. The summed E-state index contributed by atoms with van der Waals surface area (Å²) in [5.74, 6) is -0.234. The van der Waals surface area contributed by atoms with Crippen LogP contribution in [0.5, 0.6) is 0 Å². The van der Waals surface area contributed by atoms with E-state index in [1.807, 2.05) is 26.8 Å². The van der Waals surface area contributed by atoms with Crippen LogP contribution in [0.3, 0.4) is 0 Å². The first kappa shape index (κ1) is 13.4. The summed E-state index contributed by atoms with van der Waals surface area (Å²) in [6.45, 7) is 7.31. The maximum Gasteiger partial charge on any atom is 0.251 e. The molecule has 0 heterocycles. The van der Waals surface area contributed by atoms with Crippen molar-refractivity contribution in [3.05, 3.63) is 35.9 Å². The van der Waals surface area contributed by atoms with Gasteiger partial charge in [0.05, 0.1) is 6.04 Å². The zero-order valence-electron chi connectivity index (χ0n) is 10.8. The van der Waals surface area contributed by atoms with Crippen LogP contribution in [0.2, 0.25) is 0 Å². The molecular formula is C14H19NO2. The van der Waals surface area contributed by atoms with Gasteiger partial charge < -0.3 is 5.32 Å². The molecule has 0 radical (unpaired) electrons. The van der Waals surface area contributed by atoms with Crippen LogP contribution < -0.4 is 5.32 Å². The summed E-state index contributed by atoms with van der Waals surface area (Å²) in [6, 6.07) is 8.45. The van der Waals surface area contributed by atoms with Gasteiger partial charge in [0.2, 0.25) is 0 Å². The minimum atomic E-state index is -0.463. The largest absolute Gasteiger partial charge is 0.342 e. The Kier molecular flexibility index (Phi) is 4.05. The summed E-state index contributed by atoms with van der Waals surface area (Å²) in [5.41, 5.74) is 0.291. The number of rotatable bonds is 3. The molecule has 1 atom stereocenters. The van der Waals surface area contributed by atoms with Crippen molar-refractivity contribution in [1.29, 1.82) is 0 Å². The van der Waals surface area contributed by atoms with Gasteiger partial charge in [-0.2, -0.15) is 0 Å². The lowest BCUT2D eigenvalue weighted by Gasteiger charge is -2.29. The Labute approximate surface area is 102 Å². The van der Waals surface area contributed by atoms with Gasteiger partial charge in [-0.15, -0.1) is 0 Å². The molecule has 0 unspecified atom stereocenters. The maximum atomic E-state index is 11.9. The quantitative estimate of drug-likeness (QED) is 0.871. The van der Waals surface area contributed by atoms with Gasteiger partial charge in [-0.3, -0.25) is 9.59 Å².